The van der Waals surface area contributed by atoms with Gasteiger partial charge in [-0.15, -0.1) is 0 Å². The first-order valence-electron chi connectivity index (χ1n) is 11.8. The van der Waals surface area contributed by atoms with Crippen LogP contribution in [0, 0.1) is 25.2 Å². The van der Waals surface area contributed by atoms with Crippen molar-refractivity contribution in [1.29, 1.82) is 0 Å². The number of aryl methyl sites for hydroxylation is 4. The molecule has 0 heterocycles. The second kappa shape index (κ2) is 10.5. The van der Waals surface area contributed by atoms with Gasteiger partial charge in [0, 0.05) is 10.7 Å². The Kier molecular flexibility index (Phi) is 8.80. The van der Waals surface area contributed by atoms with Gasteiger partial charge in [0.25, 0.3) is 0 Å². The fourth-order valence-electron chi connectivity index (χ4n) is 4.69. The van der Waals surface area contributed by atoms with Crippen LogP contribution in [0.1, 0.15) is 94.2 Å². The minimum Gasteiger partial charge on any atom is -0.0924 e. The Bertz CT molecular complexity index is 821. The van der Waals surface area contributed by atoms with Crippen LogP contribution in [0.3, 0.4) is 0 Å². The maximum Gasteiger partial charge on any atom is 0.0197 e. The molecular formula is C29H43Br. The summed E-state index contributed by atoms with van der Waals surface area (Å²) in [6.07, 6.45) is 5.78. The summed E-state index contributed by atoms with van der Waals surface area (Å²) >= 11 is 3.59. The molecule has 0 spiro atoms. The number of rotatable bonds is 9. The number of alkyl halides is 1. The van der Waals surface area contributed by atoms with Gasteiger partial charge in [-0.25, -0.2) is 0 Å². The summed E-state index contributed by atoms with van der Waals surface area (Å²) < 4.78 is 0. The van der Waals surface area contributed by atoms with Crippen LogP contribution in [-0.2, 0) is 18.3 Å². The van der Waals surface area contributed by atoms with E-state index in [0.29, 0.717) is 5.41 Å². The summed E-state index contributed by atoms with van der Waals surface area (Å²) in [6.45, 7) is 18.7. The van der Waals surface area contributed by atoms with Crippen LogP contribution < -0.4 is 0 Å². The van der Waals surface area contributed by atoms with Crippen LogP contribution in [0.2, 0.25) is 0 Å². The average Bonchev–Trinajstić information content (AvgIpc) is 2.69. The Morgan fingerprint density at radius 3 is 1.63 bits per heavy atom. The fraction of sp³-hybridized carbons (Fsp3) is 0.586. The van der Waals surface area contributed by atoms with E-state index in [1.54, 1.807) is 0 Å². The van der Waals surface area contributed by atoms with Gasteiger partial charge in [0.05, 0.1) is 0 Å². The highest BCUT2D eigenvalue weighted by Gasteiger charge is 2.31. The Morgan fingerprint density at radius 2 is 1.27 bits per heavy atom. The highest BCUT2D eigenvalue weighted by molar-refractivity contribution is 9.09. The van der Waals surface area contributed by atoms with Crippen molar-refractivity contribution in [3.8, 4) is 0 Å². The Balaban J connectivity index is 2.36. The largest absolute Gasteiger partial charge is 0.0924 e. The van der Waals surface area contributed by atoms with Crippen LogP contribution in [0.15, 0.2) is 36.4 Å². The Hall–Kier alpha value is -1.08. The van der Waals surface area contributed by atoms with Crippen LogP contribution in [0.5, 0.6) is 0 Å². The summed E-state index contributed by atoms with van der Waals surface area (Å²) in [6, 6.07) is 14.5. The van der Waals surface area contributed by atoms with Crippen molar-refractivity contribution in [1.82, 2.24) is 0 Å². The predicted molar refractivity (Wildman–Crippen MR) is 138 cm³/mol. The molecule has 1 atom stereocenters. The van der Waals surface area contributed by atoms with Crippen molar-refractivity contribution >= 4 is 15.9 Å². The molecule has 0 aromatic heterocycles. The number of benzene rings is 2. The van der Waals surface area contributed by atoms with Crippen LogP contribution in [-0.4, -0.2) is 5.33 Å². The van der Waals surface area contributed by atoms with Crippen LogP contribution in [0.25, 0.3) is 0 Å². The minimum atomic E-state index is 0.0969. The van der Waals surface area contributed by atoms with Gasteiger partial charge in [-0.3, -0.25) is 0 Å². The number of hydrogen-bond acceptors (Lipinski definition) is 0. The molecule has 30 heavy (non-hydrogen) atoms. The smallest absolute Gasteiger partial charge is 0.0197 e. The first kappa shape index (κ1) is 25.2. The van der Waals surface area contributed by atoms with Crippen molar-refractivity contribution < 1.29 is 0 Å². The van der Waals surface area contributed by atoms with E-state index in [1.807, 2.05) is 0 Å². The van der Waals surface area contributed by atoms with Gasteiger partial charge in [0.1, 0.15) is 0 Å². The molecule has 0 aliphatic rings. The predicted octanol–water partition coefficient (Wildman–Crippen LogP) is 8.96. The highest BCUT2D eigenvalue weighted by atomic mass is 79.9. The maximum absolute atomic E-state index is 3.59. The van der Waals surface area contributed by atoms with E-state index < -0.39 is 0 Å². The second-order valence-corrected chi connectivity index (χ2v) is 11.1. The third-order valence-corrected chi connectivity index (χ3v) is 8.08. The first-order valence-corrected chi connectivity index (χ1v) is 13.0. The third kappa shape index (κ3) is 5.58. The van der Waals surface area contributed by atoms with Crippen molar-refractivity contribution in [2.24, 2.45) is 11.3 Å². The molecule has 1 heteroatoms. The van der Waals surface area contributed by atoms with Gasteiger partial charge in [-0.1, -0.05) is 93.9 Å². The summed E-state index contributed by atoms with van der Waals surface area (Å²) in [5.41, 5.74) is 9.26. The Morgan fingerprint density at radius 1 is 0.800 bits per heavy atom. The third-order valence-electron chi connectivity index (χ3n) is 7.69. The van der Waals surface area contributed by atoms with Gasteiger partial charge >= 0.3 is 0 Å². The standard InChI is InChI=1S/C29H43Br/c1-9-29(10-2,27-16-14-25(17-18-30)22(4)20-27)26-15-13-24(21(3)19-26)12-11-23(5)28(6,7)8/h13-16,19-20,23H,9-12,17-18H2,1-8H3. The van der Waals surface area contributed by atoms with E-state index in [2.05, 4.69) is 108 Å². The molecule has 0 bridgehead atoms. The summed E-state index contributed by atoms with van der Waals surface area (Å²) in [4.78, 5) is 0. The second-order valence-electron chi connectivity index (χ2n) is 10.3. The van der Waals surface area contributed by atoms with Crippen LogP contribution in [0.4, 0.5) is 0 Å². The molecule has 0 N–H and O–H groups in total. The lowest BCUT2D eigenvalue weighted by Crippen LogP contribution is -2.26. The molecule has 1 unspecified atom stereocenters. The minimum absolute atomic E-state index is 0.0969. The SMILES string of the molecule is CCC(CC)(c1ccc(CCBr)c(C)c1)c1ccc(CCC(C)C(C)(C)C)c(C)c1. The van der Waals surface area contributed by atoms with Gasteiger partial charge < -0.3 is 0 Å². The molecule has 2 rings (SSSR count). The topological polar surface area (TPSA) is 0 Å². The van der Waals surface area contributed by atoms with E-state index >= 15 is 0 Å². The molecule has 0 radical (unpaired) electrons. The lowest BCUT2D eigenvalue weighted by molar-refractivity contribution is 0.247. The van der Waals surface area contributed by atoms with E-state index in [4.69, 9.17) is 0 Å². The van der Waals surface area contributed by atoms with E-state index in [0.717, 1.165) is 30.5 Å². The zero-order valence-corrected chi connectivity index (χ0v) is 22.2. The van der Waals surface area contributed by atoms with Gasteiger partial charge in [0.15, 0.2) is 0 Å². The van der Waals surface area contributed by atoms with Crippen molar-refractivity contribution in [3.63, 3.8) is 0 Å². The van der Waals surface area contributed by atoms with E-state index in [1.165, 1.54) is 46.2 Å². The molecular weight excluding hydrogens is 428 g/mol. The van der Waals surface area contributed by atoms with Gasteiger partial charge in [-0.2, -0.15) is 0 Å². The highest BCUT2D eigenvalue weighted by Crippen LogP contribution is 2.40. The molecule has 0 saturated carbocycles. The molecule has 0 fully saturated rings. The summed E-state index contributed by atoms with van der Waals surface area (Å²) in [5, 5.41) is 1.02. The lowest BCUT2D eigenvalue weighted by atomic mass is 9.69. The van der Waals surface area contributed by atoms with Crippen molar-refractivity contribution in [2.45, 2.75) is 92.9 Å². The molecule has 166 valence electrons. The average molecular weight is 472 g/mol. The normalized spacial score (nSPS) is 13.5. The Labute approximate surface area is 195 Å². The van der Waals surface area contributed by atoms with Gasteiger partial charge in [0.2, 0.25) is 0 Å². The molecule has 0 amide bonds. The molecule has 2 aromatic rings. The molecule has 0 saturated heterocycles. The number of hydrogen-bond donors (Lipinski definition) is 0. The van der Waals surface area contributed by atoms with Crippen molar-refractivity contribution in [3.05, 3.63) is 69.8 Å². The molecule has 0 nitrogen and oxygen atoms in total. The van der Waals surface area contributed by atoms with Crippen LogP contribution >= 0.6 is 15.9 Å². The summed E-state index contributed by atoms with van der Waals surface area (Å²) in [7, 11) is 0. The molecule has 2 aromatic carbocycles. The van der Waals surface area contributed by atoms with E-state index in [9.17, 15) is 0 Å². The number of halogens is 1. The van der Waals surface area contributed by atoms with Gasteiger partial charge in [-0.05, 0) is 90.7 Å². The monoisotopic (exact) mass is 470 g/mol. The maximum atomic E-state index is 3.59. The fourth-order valence-corrected chi connectivity index (χ4v) is 5.12. The van der Waals surface area contributed by atoms with E-state index in [-0.39, 0.29) is 5.41 Å². The van der Waals surface area contributed by atoms with Crippen molar-refractivity contribution in [2.75, 3.05) is 5.33 Å². The quantitative estimate of drug-likeness (QED) is 0.320. The first-order chi connectivity index (χ1) is 14.1. The molecule has 0 aliphatic carbocycles. The zero-order valence-electron chi connectivity index (χ0n) is 20.7. The lowest BCUT2D eigenvalue weighted by Gasteiger charge is -2.34. The molecule has 0 aliphatic heterocycles. The zero-order chi connectivity index (χ0) is 22.5. The summed E-state index contributed by atoms with van der Waals surface area (Å²) in [5.74, 6) is 0.725.